The van der Waals surface area contributed by atoms with E-state index >= 15 is 0 Å². The molecule has 0 N–H and O–H groups in total. The molecule has 0 bridgehead atoms. The van der Waals surface area contributed by atoms with Crippen LogP contribution in [0.15, 0.2) is 0 Å². The van der Waals surface area contributed by atoms with Crippen LogP contribution in [0.25, 0.3) is 0 Å². The van der Waals surface area contributed by atoms with E-state index in [1.54, 1.807) is 0 Å². The van der Waals surface area contributed by atoms with E-state index in [2.05, 4.69) is 25.7 Å². The van der Waals surface area contributed by atoms with E-state index in [0.717, 1.165) is 19.4 Å². The summed E-state index contributed by atoms with van der Waals surface area (Å²) in [6, 6.07) is 0.0595. The van der Waals surface area contributed by atoms with Crippen LogP contribution in [0.5, 0.6) is 0 Å². The minimum Gasteiger partial charge on any atom is -0.445 e. The van der Waals surface area contributed by atoms with Crippen molar-refractivity contribution in [3.63, 3.8) is 0 Å². The molecule has 0 saturated carbocycles. The molecule has 0 aromatic heterocycles. The predicted molar refractivity (Wildman–Crippen MR) is 49.1 cm³/mol. The summed E-state index contributed by atoms with van der Waals surface area (Å²) >= 11 is 0. The summed E-state index contributed by atoms with van der Waals surface area (Å²) in [6.07, 6.45) is 2.10. The van der Waals surface area contributed by atoms with E-state index in [4.69, 9.17) is 4.74 Å². The molecule has 0 aliphatic carbocycles. The molecule has 2 aliphatic heterocycles. The molecule has 0 spiro atoms. The van der Waals surface area contributed by atoms with Crippen molar-refractivity contribution in [2.75, 3.05) is 6.54 Å². The quantitative estimate of drug-likeness (QED) is 0.531. The number of carbonyl (C=O) groups is 1. The van der Waals surface area contributed by atoms with Crippen LogP contribution in [-0.2, 0) is 9.53 Å². The topological polar surface area (TPSA) is 29.5 Å². The number of ether oxygens (including phenoxy) is 1. The molecule has 2 unspecified atom stereocenters. The Labute approximate surface area is 79.0 Å². The third-order valence-corrected chi connectivity index (χ3v) is 2.84. The number of esters is 1. The van der Waals surface area contributed by atoms with E-state index < -0.39 is 0 Å². The molecule has 13 heavy (non-hydrogen) atoms. The molecule has 2 rings (SSSR count). The number of cyclic esters (lactones) is 1. The smallest absolute Gasteiger partial charge is 0.325 e. The lowest BCUT2D eigenvalue weighted by Gasteiger charge is -2.31. The molecule has 3 heteroatoms. The van der Waals surface area contributed by atoms with E-state index in [1.165, 1.54) is 0 Å². The van der Waals surface area contributed by atoms with Crippen molar-refractivity contribution in [3.05, 3.63) is 0 Å². The Kier molecular flexibility index (Phi) is 1.88. The molecule has 2 heterocycles. The number of nitrogens with zero attached hydrogens (tertiary/aromatic N) is 1. The molecule has 2 aliphatic rings. The lowest BCUT2D eigenvalue weighted by atomic mass is 9.93. The van der Waals surface area contributed by atoms with Crippen LogP contribution in [0.2, 0.25) is 0 Å². The number of carbonyl (C=O) groups excluding carboxylic acids is 1. The van der Waals surface area contributed by atoms with Crippen LogP contribution in [0.3, 0.4) is 0 Å². The summed E-state index contributed by atoms with van der Waals surface area (Å²) in [7, 11) is 0. The van der Waals surface area contributed by atoms with Gasteiger partial charge in [0.15, 0.2) is 6.23 Å². The minimum atomic E-state index is -0.0163. The van der Waals surface area contributed by atoms with Crippen molar-refractivity contribution in [2.24, 2.45) is 5.41 Å². The summed E-state index contributed by atoms with van der Waals surface area (Å²) in [5.41, 5.74) is 0.0365. The van der Waals surface area contributed by atoms with Gasteiger partial charge in [0.05, 0.1) is 0 Å². The first-order valence-electron chi connectivity index (χ1n) is 4.96. The lowest BCUT2D eigenvalue weighted by molar-refractivity contribution is -0.148. The molecule has 0 amide bonds. The van der Waals surface area contributed by atoms with Crippen molar-refractivity contribution in [3.8, 4) is 0 Å². The van der Waals surface area contributed by atoms with E-state index in [0.29, 0.717) is 0 Å². The number of fused-ring (bicyclic) bond motifs is 1. The second-order valence-corrected chi connectivity index (χ2v) is 5.05. The maximum atomic E-state index is 11.4. The molecule has 2 fully saturated rings. The number of hydrogen-bond acceptors (Lipinski definition) is 3. The van der Waals surface area contributed by atoms with Gasteiger partial charge in [0.2, 0.25) is 0 Å². The summed E-state index contributed by atoms with van der Waals surface area (Å²) in [5.74, 6) is -0.0163. The molecule has 2 atom stereocenters. The van der Waals surface area contributed by atoms with E-state index in [-0.39, 0.29) is 23.7 Å². The normalized spacial score (nSPS) is 34.8. The zero-order valence-corrected chi connectivity index (χ0v) is 8.54. The second kappa shape index (κ2) is 2.71. The van der Waals surface area contributed by atoms with Gasteiger partial charge in [0.25, 0.3) is 0 Å². The van der Waals surface area contributed by atoms with Gasteiger partial charge in [-0.15, -0.1) is 0 Å². The van der Waals surface area contributed by atoms with Crippen LogP contribution in [0.1, 0.15) is 33.6 Å². The van der Waals surface area contributed by atoms with Gasteiger partial charge in [-0.25, -0.2) is 0 Å². The first-order chi connectivity index (χ1) is 6.00. The van der Waals surface area contributed by atoms with Crippen molar-refractivity contribution in [2.45, 2.75) is 45.9 Å². The zero-order valence-electron chi connectivity index (χ0n) is 8.54. The zero-order chi connectivity index (χ0) is 9.64. The average Bonchev–Trinajstić information content (AvgIpc) is 2.51. The van der Waals surface area contributed by atoms with E-state index in [1.807, 2.05) is 0 Å². The van der Waals surface area contributed by atoms with Crippen molar-refractivity contribution in [1.82, 2.24) is 4.90 Å². The Hall–Kier alpha value is -0.570. The Morgan fingerprint density at radius 2 is 2.15 bits per heavy atom. The number of rotatable bonds is 0. The molecule has 3 nitrogen and oxygen atoms in total. The highest BCUT2D eigenvalue weighted by atomic mass is 16.6. The number of hydrogen-bond donors (Lipinski definition) is 0. The maximum absolute atomic E-state index is 11.4. The first-order valence-corrected chi connectivity index (χ1v) is 4.96. The van der Waals surface area contributed by atoms with Crippen LogP contribution in [0.4, 0.5) is 0 Å². The van der Waals surface area contributed by atoms with Gasteiger partial charge >= 0.3 is 5.97 Å². The summed E-state index contributed by atoms with van der Waals surface area (Å²) in [5, 5.41) is 0. The van der Waals surface area contributed by atoms with Crippen LogP contribution in [0, 0.1) is 5.41 Å². The molecule has 74 valence electrons. The SMILES string of the molecule is CC(C)(C)C1OC(=O)C2CCCN21. The Balaban J connectivity index is 2.20. The van der Waals surface area contributed by atoms with Gasteiger partial charge in [-0.2, -0.15) is 0 Å². The third-order valence-electron chi connectivity index (χ3n) is 2.84. The standard InChI is InChI=1S/C10H17NO2/c1-10(2,3)9-11-6-4-5-7(11)8(12)13-9/h7,9H,4-6H2,1-3H3. The highest BCUT2D eigenvalue weighted by Gasteiger charge is 2.49. The van der Waals surface area contributed by atoms with Crippen LogP contribution < -0.4 is 0 Å². The first kappa shape index (κ1) is 9.00. The monoisotopic (exact) mass is 183 g/mol. The second-order valence-electron chi connectivity index (χ2n) is 5.05. The average molecular weight is 183 g/mol. The molecule has 2 saturated heterocycles. The van der Waals surface area contributed by atoms with Gasteiger partial charge < -0.3 is 4.74 Å². The fraction of sp³-hybridized carbons (Fsp3) is 0.900. The Morgan fingerprint density at radius 1 is 1.46 bits per heavy atom. The third kappa shape index (κ3) is 1.35. The summed E-state index contributed by atoms with van der Waals surface area (Å²) < 4.78 is 5.38. The van der Waals surface area contributed by atoms with Gasteiger partial charge in [-0.1, -0.05) is 20.8 Å². The predicted octanol–water partition coefficient (Wildman–Crippen LogP) is 1.38. The molecular formula is C10H17NO2. The van der Waals surface area contributed by atoms with Crippen molar-refractivity contribution < 1.29 is 9.53 Å². The fourth-order valence-corrected chi connectivity index (χ4v) is 2.25. The van der Waals surface area contributed by atoms with Gasteiger partial charge in [-0.05, 0) is 12.8 Å². The van der Waals surface area contributed by atoms with Gasteiger partial charge in [-0.3, -0.25) is 9.69 Å². The van der Waals surface area contributed by atoms with Crippen LogP contribution >= 0.6 is 0 Å². The van der Waals surface area contributed by atoms with Gasteiger partial charge in [0, 0.05) is 12.0 Å². The Morgan fingerprint density at radius 3 is 2.77 bits per heavy atom. The summed E-state index contributed by atoms with van der Waals surface area (Å²) in [4.78, 5) is 13.7. The van der Waals surface area contributed by atoms with Gasteiger partial charge in [0.1, 0.15) is 6.04 Å². The van der Waals surface area contributed by atoms with Crippen molar-refractivity contribution in [1.29, 1.82) is 0 Å². The van der Waals surface area contributed by atoms with Crippen LogP contribution in [-0.4, -0.2) is 29.7 Å². The van der Waals surface area contributed by atoms with Crippen molar-refractivity contribution >= 4 is 5.97 Å². The Bertz CT molecular complexity index is 232. The highest BCUT2D eigenvalue weighted by molar-refractivity contribution is 5.78. The maximum Gasteiger partial charge on any atom is 0.325 e. The lowest BCUT2D eigenvalue weighted by Crippen LogP contribution is -2.41. The fourth-order valence-electron chi connectivity index (χ4n) is 2.25. The molecule has 0 aromatic carbocycles. The minimum absolute atomic E-state index is 0.00694. The molecular weight excluding hydrogens is 166 g/mol. The largest absolute Gasteiger partial charge is 0.445 e. The molecule has 0 aromatic rings. The van der Waals surface area contributed by atoms with E-state index in [9.17, 15) is 4.79 Å². The highest BCUT2D eigenvalue weighted by Crippen LogP contribution is 2.36. The summed E-state index contributed by atoms with van der Waals surface area (Å²) in [6.45, 7) is 7.36. The molecule has 0 radical (unpaired) electrons.